The van der Waals surface area contributed by atoms with Crippen LogP contribution in [0.5, 0.6) is 0 Å². The Kier molecular flexibility index (Phi) is 5.22. The second kappa shape index (κ2) is 8.26. The minimum absolute atomic E-state index is 0.0484. The molecule has 1 saturated carbocycles. The number of ketones is 1. The number of nitrogens with zero attached hydrogens (tertiary/aromatic N) is 5. The zero-order valence-electron chi connectivity index (χ0n) is 21.0. The Morgan fingerprint density at radius 2 is 1.89 bits per heavy atom. The van der Waals surface area contributed by atoms with Crippen LogP contribution in [0.25, 0.3) is 22.6 Å². The van der Waals surface area contributed by atoms with Crippen molar-refractivity contribution in [2.24, 2.45) is 5.41 Å². The van der Waals surface area contributed by atoms with E-state index in [0.29, 0.717) is 40.1 Å². The summed E-state index contributed by atoms with van der Waals surface area (Å²) in [4.78, 5) is 40.3. The Balaban J connectivity index is 1.50. The number of hydrogen-bond acceptors (Lipinski definition) is 6. The van der Waals surface area contributed by atoms with Crippen LogP contribution < -0.4 is 5.32 Å². The molecular formula is C28H27FN6O2. The third-order valence-corrected chi connectivity index (χ3v) is 7.74. The first-order valence-electron chi connectivity index (χ1n) is 12.5. The lowest BCUT2D eigenvalue weighted by molar-refractivity contribution is -0.119. The van der Waals surface area contributed by atoms with Gasteiger partial charge in [-0.3, -0.25) is 9.59 Å². The first kappa shape index (κ1) is 23.4. The van der Waals surface area contributed by atoms with Gasteiger partial charge >= 0.3 is 0 Å². The van der Waals surface area contributed by atoms with Crippen molar-refractivity contribution in [3.8, 4) is 11.5 Å². The molecule has 4 aromatic rings. The van der Waals surface area contributed by atoms with Crippen molar-refractivity contribution in [2.45, 2.75) is 58.4 Å². The van der Waals surface area contributed by atoms with Crippen LogP contribution in [0.2, 0.25) is 0 Å². The Bertz CT molecular complexity index is 1590. The molecule has 1 fully saturated rings. The fraction of sp³-hybridized carbons (Fsp3) is 0.357. The van der Waals surface area contributed by atoms with Crippen molar-refractivity contribution < 1.29 is 14.0 Å². The summed E-state index contributed by atoms with van der Waals surface area (Å²) in [5.74, 6) is -0.0963. The van der Waals surface area contributed by atoms with Gasteiger partial charge < -0.3 is 5.32 Å². The molecule has 2 aliphatic rings. The average molecular weight is 499 g/mol. The molecule has 4 heterocycles. The number of carbonyl (C=O) groups excluding carboxylic acids is 2. The molecule has 1 aromatic carbocycles. The molecule has 1 aliphatic carbocycles. The number of anilines is 1. The van der Waals surface area contributed by atoms with Crippen molar-refractivity contribution in [3.63, 3.8) is 0 Å². The molecule has 1 N–H and O–H groups in total. The Morgan fingerprint density at radius 3 is 2.62 bits per heavy atom. The van der Waals surface area contributed by atoms with Crippen LogP contribution in [0.3, 0.4) is 0 Å². The lowest BCUT2D eigenvalue weighted by Crippen LogP contribution is -2.31. The fourth-order valence-electron chi connectivity index (χ4n) is 5.33. The molecular weight excluding hydrogens is 471 g/mol. The number of amides is 1. The van der Waals surface area contributed by atoms with Crippen molar-refractivity contribution in [1.29, 1.82) is 0 Å². The van der Waals surface area contributed by atoms with E-state index in [4.69, 9.17) is 10.1 Å². The van der Waals surface area contributed by atoms with Gasteiger partial charge in [-0.25, -0.2) is 24.0 Å². The van der Waals surface area contributed by atoms with Crippen LogP contribution in [0.1, 0.15) is 68.1 Å². The van der Waals surface area contributed by atoms with E-state index in [-0.39, 0.29) is 41.0 Å². The summed E-state index contributed by atoms with van der Waals surface area (Å²) in [6.45, 7) is 5.84. The molecule has 8 nitrogen and oxygen atoms in total. The monoisotopic (exact) mass is 498 g/mol. The van der Waals surface area contributed by atoms with E-state index in [2.05, 4.69) is 22.2 Å². The number of halogens is 1. The van der Waals surface area contributed by atoms with E-state index < -0.39 is 5.41 Å². The Labute approximate surface area is 213 Å². The SMILES string of the molecule is CC1(CC(=O)c2nc(-c3nn(Cc4ccccc4F)c4ncccc34)nc3c2C(C)(C)C(=O)N3)CCC1. The average Bonchev–Trinajstić information content (AvgIpc) is 3.33. The highest BCUT2D eigenvalue weighted by molar-refractivity contribution is 6.10. The van der Waals surface area contributed by atoms with Crippen LogP contribution >= 0.6 is 0 Å². The smallest absolute Gasteiger partial charge is 0.235 e. The number of benzene rings is 1. The van der Waals surface area contributed by atoms with E-state index in [1.807, 2.05) is 6.07 Å². The van der Waals surface area contributed by atoms with Gasteiger partial charge in [0, 0.05) is 23.7 Å². The second-order valence-corrected chi connectivity index (χ2v) is 10.9. The van der Waals surface area contributed by atoms with Gasteiger partial charge in [0.15, 0.2) is 17.3 Å². The third-order valence-electron chi connectivity index (χ3n) is 7.74. The molecule has 0 spiro atoms. The Hall–Kier alpha value is -4.01. The van der Waals surface area contributed by atoms with Gasteiger partial charge in [-0.2, -0.15) is 5.10 Å². The number of rotatable bonds is 6. The fourth-order valence-corrected chi connectivity index (χ4v) is 5.33. The summed E-state index contributed by atoms with van der Waals surface area (Å²) < 4.78 is 16.0. The summed E-state index contributed by atoms with van der Waals surface area (Å²) in [5.41, 5.74) is 1.24. The maximum Gasteiger partial charge on any atom is 0.235 e. The van der Waals surface area contributed by atoms with Crippen molar-refractivity contribution in [2.75, 3.05) is 5.32 Å². The number of carbonyl (C=O) groups is 2. The van der Waals surface area contributed by atoms with Crippen LogP contribution in [-0.2, 0) is 16.8 Å². The largest absolute Gasteiger partial charge is 0.310 e. The van der Waals surface area contributed by atoms with Gasteiger partial charge in [0.1, 0.15) is 23.0 Å². The predicted octanol–water partition coefficient (Wildman–Crippen LogP) is 5.07. The van der Waals surface area contributed by atoms with Crippen molar-refractivity contribution in [1.82, 2.24) is 24.7 Å². The second-order valence-electron chi connectivity index (χ2n) is 10.9. The number of nitrogens with one attached hydrogen (secondary N) is 1. The molecule has 0 saturated heterocycles. The van der Waals surface area contributed by atoms with Gasteiger partial charge in [-0.1, -0.05) is 31.5 Å². The van der Waals surface area contributed by atoms with Gasteiger partial charge in [0.05, 0.1) is 17.3 Å². The number of fused-ring (bicyclic) bond motifs is 2. The predicted molar refractivity (Wildman–Crippen MR) is 137 cm³/mol. The first-order chi connectivity index (χ1) is 17.7. The zero-order chi connectivity index (χ0) is 25.9. The molecule has 3 aromatic heterocycles. The number of Topliss-reactive ketones (excluding diaryl/α,β-unsaturated/α-hetero) is 1. The number of pyridine rings is 1. The lowest BCUT2D eigenvalue weighted by atomic mass is 9.67. The van der Waals surface area contributed by atoms with Gasteiger partial charge in [0.2, 0.25) is 5.91 Å². The molecule has 9 heteroatoms. The quantitative estimate of drug-likeness (QED) is 0.373. The molecule has 6 rings (SSSR count). The van der Waals surface area contributed by atoms with E-state index in [0.717, 1.165) is 19.3 Å². The van der Waals surface area contributed by atoms with Crippen LogP contribution in [0.15, 0.2) is 42.6 Å². The minimum atomic E-state index is -0.937. The summed E-state index contributed by atoms with van der Waals surface area (Å²) >= 11 is 0. The molecule has 1 amide bonds. The molecule has 0 unspecified atom stereocenters. The summed E-state index contributed by atoms with van der Waals surface area (Å²) in [7, 11) is 0. The van der Waals surface area contributed by atoms with Crippen LogP contribution in [0, 0.1) is 11.2 Å². The Morgan fingerprint density at radius 1 is 1.11 bits per heavy atom. The van der Waals surface area contributed by atoms with E-state index in [9.17, 15) is 14.0 Å². The normalized spacial score (nSPS) is 17.4. The first-order valence-corrected chi connectivity index (χ1v) is 12.5. The summed E-state index contributed by atoms with van der Waals surface area (Å²) in [6, 6.07) is 10.1. The standard InChI is InChI=1S/C28H27FN6O2/c1-27(2)20-22(19(36)14-28(3)11-7-12-28)31-24(32-23(20)33-26(27)37)21-17-9-6-13-30-25(17)35(34-21)15-16-8-4-5-10-18(16)29/h4-6,8-10,13H,7,11-12,14-15H2,1-3H3,(H,31,32,33,37). The zero-order valence-corrected chi connectivity index (χ0v) is 21.0. The number of aromatic nitrogens is 5. The third kappa shape index (κ3) is 3.80. The maximum absolute atomic E-state index is 14.4. The van der Waals surface area contributed by atoms with E-state index in [1.54, 1.807) is 49.0 Å². The molecule has 0 radical (unpaired) electrons. The minimum Gasteiger partial charge on any atom is -0.310 e. The number of hydrogen-bond donors (Lipinski definition) is 1. The molecule has 37 heavy (non-hydrogen) atoms. The molecule has 188 valence electrons. The highest BCUT2D eigenvalue weighted by Crippen LogP contribution is 2.46. The summed E-state index contributed by atoms with van der Waals surface area (Å²) in [6.07, 6.45) is 5.11. The van der Waals surface area contributed by atoms with Crippen molar-refractivity contribution in [3.05, 3.63) is 65.2 Å². The highest BCUT2D eigenvalue weighted by Gasteiger charge is 2.45. The van der Waals surface area contributed by atoms with Crippen LogP contribution in [-0.4, -0.2) is 36.4 Å². The van der Waals surface area contributed by atoms with Gasteiger partial charge in [-0.15, -0.1) is 0 Å². The molecule has 0 atom stereocenters. The topological polar surface area (TPSA) is 103 Å². The molecule has 1 aliphatic heterocycles. The van der Waals surface area contributed by atoms with E-state index >= 15 is 0 Å². The highest BCUT2D eigenvalue weighted by atomic mass is 19.1. The van der Waals surface area contributed by atoms with Gasteiger partial charge in [0.25, 0.3) is 0 Å². The molecule has 0 bridgehead atoms. The van der Waals surface area contributed by atoms with Gasteiger partial charge in [-0.05, 0) is 50.3 Å². The van der Waals surface area contributed by atoms with E-state index in [1.165, 1.54) is 6.07 Å². The lowest BCUT2D eigenvalue weighted by Gasteiger charge is -2.37. The summed E-state index contributed by atoms with van der Waals surface area (Å²) in [5, 5.41) is 8.23. The maximum atomic E-state index is 14.4. The van der Waals surface area contributed by atoms with Crippen molar-refractivity contribution >= 4 is 28.5 Å². The van der Waals surface area contributed by atoms with Crippen LogP contribution in [0.4, 0.5) is 10.2 Å².